The normalized spacial score (nSPS) is 17.3. The van der Waals surface area contributed by atoms with Crippen LogP contribution in [0.5, 0.6) is 5.75 Å². The highest BCUT2D eigenvalue weighted by atomic mass is 16.5. The van der Waals surface area contributed by atoms with Gasteiger partial charge < -0.3 is 15.4 Å². The molecule has 116 valence electrons. The van der Waals surface area contributed by atoms with Gasteiger partial charge in [-0.25, -0.2) is 0 Å². The van der Waals surface area contributed by atoms with E-state index in [0.717, 1.165) is 18.8 Å². The number of nitrogens with two attached hydrogens (primary N) is 1. The van der Waals surface area contributed by atoms with Gasteiger partial charge in [0.25, 0.3) is 0 Å². The summed E-state index contributed by atoms with van der Waals surface area (Å²) >= 11 is 0. The second-order valence-corrected chi connectivity index (χ2v) is 6.13. The molecular formula is C19H24N2O. The topological polar surface area (TPSA) is 38.5 Å². The Kier molecular flexibility index (Phi) is 4.34. The summed E-state index contributed by atoms with van der Waals surface area (Å²) in [5.41, 5.74) is 9.53. The van der Waals surface area contributed by atoms with Crippen LogP contribution in [0.15, 0.2) is 48.5 Å². The maximum Gasteiger partial charge on any atom is 0.143 e. The van der Waals surface area contributed by atoms with Crippen molar-refractivity contribution < 1.29 is 4.74 Å². The molecule has 0 bridgehead atoms. The Bertz CT molecular complexity index is 625. The Morgan fingerprint density at radius 2 is 1.95 bits per heavy atom. The predicted octanol–water partition coefficient (Wildman–Crippen LogP) is 3.71. The van der Waals surface area contributed by atoms with Crippen LogP contribution in [0.3, 0.4) is 0 Å². The summed E-state index contributed by atoms with van der Waals surface area (Å²) in [6.45, 7) is 6.76. The predicted molar refractivity (Wildman–Crippen MR) is 91.6 cm³/mol. The molecule has 2 N–H and O–H groups in total. The third kappa shape index (κ3) is 2.95. The van der Waals surface area contributed by atoms with Crippen molar-refractivity contribution >= 4 is 5.69 Å². The van der Waals surface area contributed by atoms with Crippen LogP contribution < -0.4 is 15.4 Å². The van der Waals surface area contributed by atoms with Gasteiger partial charge in [0.15, 0.2) is 0 Å². The number of anilines is 1. The van der Waals surface area contributed by atoms with Crippen molar-refractivity contribution in [2.45, 2.75) is 25.9 Å². The van der Waals surface area contributed by atoms with E-state index in [4.69, 9.17) is 10.5 Å². The zero-order valence-electron chi connectivity index (χ0n) is 13.3. The first-order chi connectivity index (χ1) is 10.7. The van der Waals surface area contributed by atoms with E-state index in [0.29, 0.717) is 12.5 Å². The summed E-state index contributed by atoms with van der Waals surface area (Å²) in [4.78, 5) is 2.35. The van der Waals surface area contributed by atoms with Crippen LogP contribution in [0.2, 0.25) is 0 Å². The monoisotopic (exact) mass is 296 g/mol. The maximum absolute atomic E-state index is 6.25. The Balaban J connectivity index is 1.95. The van der Waals surface area contributed by atoms with E-state index in [1.807, 2.05) is 6.07 Å². The highest BCUT2D eigenvalue weighted by molar-refractivity contribution is 5.62. The minimum absolute atomic E-state index is 0.0603. The zero-order chi connectivity index (χ0) is 15.5. The Morgan fingerprint density at radius 3 is 2.64 bits per heavy atom. The van der Waals surface area contributed by atoms with E-state index in [-0.39, 0.29) is 6.10 Å². The van der Waals surface area contributed by atoms with Gasteiger partial charge in [0.1, 0.15) is 11.9 Å². The molecule has 0 amide bonds. The molecule has 0 aromatic heterocycles. The fraction of sp³-hybridized carbons (Fsp3) is 0.368. The van der Waals surface area contributed by atoms with Gasteiger partial charge >= 0.3 is 0 Å². The van der Waals surface area contributed by atoms with Gasteiger partial charge in [0.2, 0.25) is 0 Å². The van der Waals surface area contributed by atoms with E-state index in [9.17, 15) is 0 Å². The largest absolute Gasteiger partial charge is 0.482 e. The van der Waals surface area contributed by atoms with Gasteiger partial charge in [-0.05, 0) is 29.2 Å². The molecule has 1 atom stereocenters. The highest BCUT2D eigenvalue weighted by Crippen LogP contribution is 2.39. The summed E-state index contributed by atoms with van der Waals surface area (Å²) in [6, 6.07) is 16.9. The summed E-state index contributed by atoms with van der Waals surface area (Å²) in [5.74, 6) is 1.47. The van der Waals surface area contributed by atoms with E-state index >= 15 is 0 Å². The number of benzene rings is 2. The Morgan fingerprint density at radius 1 is 1.18 bits per heavy atom. The molecule has 0 fully saturated rings. The van der Waals surface area contributed by atoms with E-state index < -0.39 is 0 Å². The molecule has 3 nitrogen and oxygen atoms in total. The zero-order valence-corrected chi connectivity index (χ0v) is 13.3. The quantitative estimate of drug-likeness (QED) is 0.934. The molecule has 3 rings (SSSR count). The van der Waals surface area contributed by atoms with Crippen molar-refractivity contribution in [3.05, 3.63) is 59.7 Å². The van der Waals surface area contributed by atoms with Gasteiger partial charge in [0.05, 0.1) is 12.2 Å². The fourth-order valence-corrected chi connectivity index (χ4v) is 2.94. The summed E-state index contributed by atoms with van der Waals surface area (Å²) in [5, 5.41) is 0. The lowest BCUT2D eigenvalue weighted by Crippen LogP contribution is -2.38. The standard InChI is InChI=1S/C19H24N2O/c1-14(2)16-8-9-18-17(12-16)21(11-10-20)13-19(22-18)15-6-4-3-5-7-15/h3-9,12,14,19H,10-11,13,20H2,1-2H3. The number of hydrogen-bond acceptors (Lipinski definition) is 3. The number of ether oxygens (including phenoxy) is 1. The van der Waals surface area contributed by atoms with Gasteiger partial charge in [-0.1, -0.05) is 50.2 Å². The van der Waals surface area contributed by atoms with Gasteiger partial charge in [-0.15, -0.1) is 0 Å². The number of hydrogen-bond donors (Lipinski definition) is 1. The minimum Gasteiger partial charge on any atom is -0.482 e. The van der Waals surface area contributed by atoms with Crippen molar-refractivity contribution in [1.29, 1.82) is 0 Å². The molecular weight excluding hydrogens is 272 g/mol. The SMILES string of the molecule is CC(C)c1ccc2c(c1)N(CCN)CC(c1ccccc1)O2. The first kappa shape index (κ1) is 14.9. The van der Waals surface area contributed by atoms with E-state index in [1.54, 1.807) is 0 Å². The van der Waals surface area contributed by atoms with Crippen molar-refractivity contribution in [1.82, 2.24) is 0 Å². The van der Waals surface area contributed by atoms with Crippen LogP contribution in [0.4, 0.5) is 5.69 Å². The molecule has 0 saturated carbocycles. The minimum atomic E-state index is 0.0603. The first-order valence-corrected chi connectivity index (χ1v) is 7.99. The number of nitrogens with zero attached hydrogens (tertiary/aromatic N) is 1. The second-order valence-electron chi connectivity index (χ2n) is 6.13. The van der Waals surface area contributed by atoms with E-state index in [1.165, 1.54) is 16.8 Å². The van der Waals surface area contributed by atoms with E-state index in [2.05, 4.69) is 61.2 Å². The molecule has 2 aromatic carbocycles. The van der Waals surface area contributed by atoms with Crippen molar-refractivity contribution in [3.8, 4) is 5.75 Å². The third-order valence-electron chi connectivity index (χ3n) is 4.22. The molecule has 0 aliphatic carbocycles. The summed E-state index contributed by atoms with van der Waals surface area (Å²) in [7, 11) is 0. The van der Waals surface area contributed by atoms with Crippen LogP contribution in [0.1, 0.15) is 37.0 Å². The first-order valence-electron chi connectivity index (χ1n) is 7.99. The molecule has 1 aliphatic heterocycles. The van der Waals surface area contributed by atoms with Crippen molar-refractivity contribution in [2.24, 2.45) is 5.73 Å². The maximum atomic E-state index is 6.25. The molecule has 22 heavy (non-hydrogen) atoms. The average Bonchev–Trinajstić information content (AvgIpc) is 2.55. The lowest BCUT2D eigenvalue weighted by molar-refractivity contribution is 0.197. The van der Waals surface area contributed by atoms with Crippen LogP contribution in [-0.4, -0.2) is 19.6 Å². The molecule has 0 spiro atoms. The Labute approximate surface area is 132 Å². The summed E-state index contributed by atoms with van der Waals surface area (Å²) in [6.07, 6.45) is 0.0603. The highest BCUT2D eigenvalue weighted by Gasteiger charge is 2.26. The number of rotatable bonds is 4. The molecule has 3 heteroatoms. The van der Waals surface area contributed by atoms with Crippen molar-refractivity contribution in [3.63, 3.8) is 0 Å². The van der Waals surface area contributed by atoms with Crippen LogP contribution in [0, 0.1) is 0 Å². The molecule has 1 unspecified atom stereocenters. The smallest absolute Gasteiger partial charge is 0.143 e. The van der Waals surface area contributed by atoms with Crippen LogP contribution >= 0.6 is 0 Å². The fourth-order valence-electron chi connectivity index (χ4n) is 2.94. The number of fused-ring (bicyclic) bond motifs is 1. The lowest BCUT2D eigenvalue weighted by Gasteiger charge is -2.37. The average molecular weight is 296 g/mol. The van der Waals surface area contributed by atoms with Crippen LogP contribution in [-0.2, 0) is 0 Å². The Hall–Kier alpha value is -2.00. The lowest BCUT2D eigenvalue weighted by atomic mass is 10.00. The van der Waals surface area contributed by atoms with Gasteiger partial charge in [-0.2, -0.15) is 0 Å². The molecule has 1 aliphatic rings. The van der Waals surface area contributed by atoms with Crippen molar-refractivity contribution in [2.75, 3.05) is 24.5 Å². The van der Waals surface area contributed by atoms with Crippen LogP contribution in [0.25, 0.3) is 0 Å². The summed E-state index contributed by atoms with van der Waals surface area (Å²) < 4.78 is 6.25. The third-order valence-corrected chi connectivity index (χ3v) is 4.22. The molecule has 0 radical (unpaired) electrons. The molecule has 1 heterocycles. The molecule has 2 aromatic rings. The second kappa shape index (κ2) is 6.41. The molecule has 0 saturated heterocycles. The van der Waals surface area contributed by atoms with Gasteiger partial charge in [-0.3, -0.25) is 0 Å². The van der Waals surface area contributed by atoms with Gasteiger partial charge in [0, 0.05) is 13.1 Å².